The molecule has 1 fully saturated rings. The van der Waals surface area contributed by atoms with Crippen molar-refractivity contribution in [2.45, 2.75) is 19.8 Å². The molecule has 0 bridgehead atoms. The topological polar surface area (TPSA) is 66.6 Å². The van der Waals surface area contributed by atoms with Gasteiger partial charge in [-0.05, 0) is 35.7 Å². The number of nitrogens with zero attached hydrogens (tertiary/aromatic N) is 6. The van der Waals surface area contributed by atoms with E-state index in [-0.39, 0.29) is 5.91 Å². The van der Waals surface area contributed by atoms with E-state index in [9.17, 15) is 4.79 Å². The van der Waals surface area contributed by atoms with Crippen molar-refractivity contribution < 1.29 is 4.79 Å². The lowest BCUT2D eigenvalue weighted by Crippen LogP contribution is -2.49. The van der Waals surface area contributed by atoms with Gasteiger partial charge in [-0.2, -0.15) is 4.52 Å². The Morgan fingerprint density at radius 3 is 2.74 bits per heavy atom. The summed E-state index contributed by atoms with van der Waals surface area (Å²) in [5.74, 6) is 1.03. The average Bonchev–Trinajstić information content (AvgIpc) is 3.17. The predicted molar refractivity (Wildman–Crippen MR) is 104 cm³/mol. The van der Waals surface area contributed by atoms with Crippen LogP contribution in [-0.4, -0.2) is 56.8 Å². The minimum absolute atomic E-state index is 0.154. The lowest BCUT2D eigenvalue weighted by atomic mass is 10.1. The number of carbonyl (C=O) groups is 1. The molecule has 0 atom stereocenters. The molecule has 7 nitrogen and oxygen atoms in total. The van der Waals surface area contributed by atoms with Gasteiger partial charge in [-0.3, -0.25) is 4.79 Å². The highest BCUT2D eigenvalue weighted by atomic mass is 35.5. The number of rotatable bonds is 4. The molecule has 3 heterocycles. The Morgan fingerprint density at radius 2 is 1.96 bits per heavy atom. The van der Waals surface area contributed by atoms with Gasteiger partial charge in [0.05, 0.1) is 6.42 Å². The fourth-order valence-electron chi connectivity index (χ4n) is 3.37. The summed E-state index contributed by atoms with van der Waals surface area (Å²) in [6.07, 6.45) is 2.87. The fraction of sp³-hybridized carbons (Fsp3) is 0.368. The first-order valence-electron chi connectivity index (χ1n) is 9.11. The van der Waals surface area contributed by atoms with Crippen LogP contribution in [0, 0.1) is 0 Å². The molecule has 0 saturated carbocycles. The van der Waals surface area contributed by atoms with Crippen molar-refractivity contribution in [3.8, 4) is 0 Å². The highest BCUT2D eigenvalue weighted by molar-refractivity contribution is 6.31. The smallest absolute Gasteiger partial charge is 0.227 e. The minimum atomic E-state index is 0.154. The maximum atomic E-state index is 12.7. The molecule has 140 valence electrons. The lowest BCUT2D eigenvalue weighted by Gasteiger charge is -2.35. The van der Waals surface area contributed by atoms with Gasteiger partial charge in [0.15, 0.2) is 5.65 Å². The standard InChI is InChI=1S/C19H21ClN6O/c1-2-15-11-14(3-4-16(15)20)12-19(27)25-9-7-24(8-10-25)18-6-5-17-22-21-13-26(17)23-18/h3-6,11,13H,2,7-10,12H2,1H3. The highest BCUT2D eigenvalue weighted by Gasteiger charge is 2.22. The molecule has 8 heteroatoms. The van der Waals surface area contributed by atoms with Crippen LogP contribution >= 0.6 is 11.6 Å². The number of halogens is 1. The number of amides is 1. The predicted octanol–water partition coefficient (Wildman–Crippen LogP) is 2.23. The second-order valence-corrected chi connectivity index (χ2v) is 7.06. The molecule has 0 N–H and O–H groups in total. The van der Waals surface area contributed by atoms with E-state index in [1.807, 2.05) is 35.2 Å². The third-order valence-electron chi connectivity index (χ3n) is 4.95. The summed E-state index contributed by atoms with van der Waals surface area (Å²) in [5, 5.41) is 13.1. The number of aromatic nitrogens is 4. The lowest BCUT2D eigenvalue weighted by molar-refractivity contribution is -0.130. The second kappa shape index (κ2) is 7.52. The molecule has 0 unspecified atom stereocenters. The molecule has 1 aliphatic rings. The summed E-state index contributed by atoms with van der Waals surface area (Å²) in [7, 11) is 0. The number of benzene rings is 1. The Hall–Kier alpha value is -2.67. The molecule has 0 spiro atoms. The summed E-state index contributed by atoms with van der Waals surface area (Å²) in [6.45, 7) is 4.96. The van der Waals surface area contributed by atoms with Crippen molar-refractivity contribution in [3.63, 3.8) is 0 Å². The van der Waals surface area contributed by atoms with Gasteiger partial charge in [0, 0.05) is 31.2 Å². The Kier molecular flexibility index (Phi) is 4.94. The molecule has 4 rings (SSSR count). The summed E-state index contributed by atoms with van der Waals surface area (Å²) >= 11 is 6.17. The Morgan fingerprint density at radius 1 is 1.15 bits per heavy atom. The fourth-order valence-corrected chi connectivity index (χ4v) is 3.62. The van der Waals surface area contributed by atoms with Crippen LogP contribution in [0.2, 0.25) is 5.02 Å². The van der Waals surface area contributed by atoms with Gasteiger partial charge in [0.1, 0.15) is 12.1 Å². The number of anilines is 1. The van der Waals surface area contributed by atoms with E-state index in [0.717, 1.165) is 47.1 Å². The van der Waals surface area contributed by atoms with Crippen molar-refractivity contribution in [2.75, 3.05) is 31.1 Å². The maximum absolute atomic E-state index is 12.7. The van der Waals surface area contributed by atoms with E-state index in [1.54, 1.807) is 10.8 Å². The molecule has 27 heavy (non-hydrogen) atoms. The van der Waals surface area contributed by atoms with Crippen LogP contribution in [-0.2, 0) is 17.6 Å². The quantitative estimate of drug-likeness (QED) is 0.690. The van der Waals surface area contributed by atoms with Gasteiger partial charge < -0.3 is 9.80 Å². The average molecular weight is 385 g/mol. The van der Waals surface area contributed by atoms with E-state index < -0.39 is 0 Å². The highest BCUT2D eigenvalue weighted by Crippen LogP contribution is 2.19. The molecular formula is C19H21ClN6O. The largest absolute Gasteiger partial charge is 0.352 e. The number of piperazine rings is 1. The summed E-state index contributed by atoms with van der Waals surface area (Å²) in [4.78, 5) is 16.8. The minimum Gasteiger partial charge on any atom is -0.352 e. The molecule has 3 aromatic rings. The van der Waals surface area contributed by atoms with Crippen LogP contribution in [0.3, 0.4) is 0 Å². The second-order valence-electron chi connectivity index (χ2n) is 6.65. The number of aryl methyl sites for hydroxylation is 1. The molecule has 0 aliphatic carbocycles. The zero-order valence-corrected chi connectivity index (χ0v) is 15.9. The van der Waals surface area contributed by atoms with E-state index >= 15 is 0 Å². The molecular weight excluding hydrogens is 364 g/mol. The Labute approximate surface area is 162 Å². The molecule has 1 aromatic carbocycles. The molecule has 0 radical (unpaired) electrons. The zero-order chi connectivity index (χ0) is 18.8. The third-order valence-corrected chi connectivity index (χ3v) is 5.32. The SMILES string of the molecule is CCc1cc(CC(=O)N2CCN(c3ccc4nncn4n3)CC2)ccc1Cl. The van der Waals surface area contributed by atoms with Crippen molar-refractivity contribution >= 4 is 29.0 Å². The number of carbonyl (C=O) groups excluding carboxylic acids is 1. The van der Waals surface area contributed by atoms with Gasteiger partial charge in [-0.25, -0.2) is 0 Å². The van der Waals surface area contributed by atoms with E-state index in [4.69, 9.17) is 11.6 Å². The number of fused-ring (bicyclic) bond motifs is 1. The van der Waals surface area contributed by atoms with Crippen LogP contribution in [0.1, 0.15) is 18.1 Å². The summed E-state index contributed by atoms with van der Waals surface area (Å²) in [6, 6.07) is 9.70. The molecule has 1 aliphatic heterocycles. The molecule has 1 saturated heterocycles. The van der Waals surface area contributed by atoms with E-state index in [1.165, 1.54) is 0 Å². The normalized spacial score (nSPS) is 14.7. The van der Waals surface area contributed by atoms with Crippen LogP contribution in [0.4, 0.5) is 5.82 Å². The molecule has 2 aromatic heterocycles. The van der Waals surface area contributed by atoms with Gasteiger partial charge >= 0.3 is 0 Å². The summed E-state index contributed by atoms with van der Waals surface area (Å²) in [5.41, 5.74) is 2.83. The third kappa shape index (κ3) is 3.73. The van der Waals surface area contributed by atoms with Gasteiger partial charge in [0.2, 0.25) is 5.91 Å². The van der Waals surface area contributed by atoms with Crippen molar-refractivity contribution in [2.24, 2.45) is 0 Å². The number of hydrogen-bond donors (Lipinski definition) is 0. The van der Waals surface area contributed by atoms with Gasteiger partial charge in [-0.1, -0.05) is 30.7 Å². The maximum Gasteiger partial charge on any atom is 0.227 e. The Bertz CT molecular complexity index is 964. The first kappa shape index (κ1) is 17.7. The Balaban J connectivity index is 1.37. The van der Waals surface area contributed by atoms with Crippen molar-refractivity contribution in [1.29, 1.82) is 0 Å². The first-order chi connectivity index (χ1) is 13.1. The van der Waals surface area contributed by atoms with Gasteiger partial charge in [-0.15, -0.1) is 15.3 Å². The first-order valence-corrected chi connectivity index (χ1v) is 9.49. The van der Waals surface area contributed by atoms with E-state index in [0.29, 0.717) is 19.5 Å². The van der Waals surface area contributed by atoms with Crippen LogP contribution < -0.4 is 4.90 Å². The summed E-state index contributed by atoms with van der Waals surface area (Å²) < 4.78 is 1.67. The van der Waals surface area contributed by atoms with Crippen LogP contribution in [0.25, 0.3) is 5.65 Å². The zero-order valence-electron chi connectivity index (χ0n) is 15.2. The monoisotopic (exact) mass is 384 g/mol. The number of hydrogen-bond acceptors (Lipinski definition) is 5. The van der Waals surface area contributed by atoms with Crippen molar-refractivity contribution in [1.82, 2.24) is 24.7 Å². The molecule has 1 amide bonds. The van der Waals surface area contributed by atoms with E-state index in [2.05, 4.69) is 27.1 Å². The van der Waals surface area contributed by atoms with Crippen LogP contribution in [0.5, 0.6) is 0 Å². The van der Waals surface area contributed by atoms with Crippen molar-refractivity contribution in [3.05, 3.63) is 52.8 Å². The van der Waals surface area contributed by atoms with Crippen LogP contribution in [0.15, 0.2) is 36.7 Å². The van der Waals surface area contributed by atoms with Gasteiger partial charge in [0.25, 0.3) is 0 Å².